The molecule has 5 heteroatoms. The fourth-order valence-corrected chi connectivity index (χ4v) is 2.74. The minimum atomic E-state index is -0.122. The molecule has 1 saturated heterocycles. The molecule has 1 fully saturated rings. The number of carbonyl (C=O) groups excluding carboxylic acids is 1. The summed E-state index contributed by atoms with van der Waals surface area (Å²) < 4.78 is 5.72. The molecule has 1 aromatic heterocycles. The quantitative estimate of drug-likeness (QED) is 0.901. The van der Waals surface area contributed by atoms with Gasteiger partial charge in [-0.25, -0.2) is 0 Å². The Hall–Kier alpha value is -1.78. The summed E-state index contributed by atoms with van der Waals surface area (Å²) in [6.45, 7) is 4.04. The molecule has 0 unspecified atom stereocenters. The molecule has 0 bridgehead atoms. The number of nitrogens with one attached hydrogen (secondary N) is 2. The van der Waals surface area contributed by atoms with E-state index in [0.717, 1.165) is 43.7 Å². The molecule has 0 spiro atoms. The normalized spacial score (nSPS) is 15.0. The van der Waals surface area contributed by atoms with E-state index in [1.165, 1.54) is 5.56 Å². The van der Waals surface area contributed by atoms with Gasteiger partial charge < -0.3 is 15.1 Å². The number of rotatable bonds is 4. The second kappa shape index (κ2) is 8.18. The van der Waals surface area contributed by atoms with Gasteiger partial charge in [-0.1, -0.05) is 31.2 Å². The summed E-state index contributed by atoms with van der Waals surface area (Å²) in [5.74, 6) is 0.995. The number of furan rings is 1. The summed E-state index contributed by atoms with van der Waals surface area (Å²) in [4.78, 5) is 12.2. The number of carbonyl (C=O) groups is 1. The van der Waals surface area contributed by atoms with E-state index < -0.39 is 0 Å². The summed E-state index contributed by atoms with van der Waals surface area (Å²) in [6, 6.07) is 12.1. The van der Waals surface area contributed by atoms with Crippen molar-refractivity contribution in [3.05, 3.63) is 47.7 Å². The largest absolute Gasteiger partial charge is 0.451 e. The van der Waals surface area contributed by atoms with Crippen LogP contribution in [0.25, 0.3) is 11.3 Å². The number of aryl methyl sites for hydroxylation is 1. The highest BCUT2D eigenvalue weighted by Crippen LogP contribution is 2.23. The number of benzene rings is 1. The highest BCUT2D eigenvalue weighted by atomic mass is 35.5. The molecule has 1 aromatic carbocycles. The summed E-state index contributed by atoms with van der Waals surface area (Å²) in [7, 11) is 0. The Bertz CT molecular complexity index is 631. The lowest BCUT2D eigenvalue weighted by molar-refractivity contribution is 0.0902. The lowest BCUT2D eigenvalue weighted by Gasteiger charge is -2.23. The Kier molecular flexibility index (Phi) is 6.25. The number of halogens is 1. The zero-order valence-corrected chi connectivity index (χ0v) is 14.1. The molecule has 3 rings (SSSR count). The van der Waals surface area contributed by atoms with Crippen LogP contribution in [0.1, 0.15) is 35.9 Å². The van der Waals surface area contributed by atoms with E-state index in [-0.39, 0.29) is 24.4 Å². The third-order valence-corrected chi connectivity index (χ3v) is 4.15. The molecule has 2 aromatic rings. The van der Waals surface area contributed by atoms with E-state index in [1.54, 1.807) is 6.07 Å². The summed E-state index contributed by atoms with van der Waals surface area (Å²) in [5, 5.41) is 6.33. The minimum Gasteiger partial charge on any atom is -0.451 e. The minimum absolute atomic E-state index is 0. The van der Waals surface area contributed by atoms with Gasteiger partial charge >= 0.3 is 0 Å². The third kappa shape index (κ3) is 4.36. The third-order valence-electron chi connectivity index (χ3n) is 4.15. The van der Waals surface area contributed by atoms with Crippen LogP contribution in [-0.4, -0.2) is 25.0 Å². The Morgan fingerprint density at radius 2 is 1.87 bits per heavy atom. The maximum atomic E-state index is 12.2. The first-order valence-electron chi connectivity index (χ1n) is 7.97. The van der Waals surface area contributed by atoms with Crippen LogP contribution in [0.3, 0.4) is 0 Å². The lowest BCUT2D eigenvalue weighted by Crippen LogP contribution is -2.42. The van der Waals surface area contributed by atoms with Crippen LogP contribution in [0.4, 0.5) is 0 Å². The fourth-order valence-electron chi connectivity index (χ4n) is 2.74. The lowest BCUT2D eigenvalue weighted by atomic mass is 10.1. The topological polar surface area (TPSA) is 54.3 Å². The van der Waals surface area contributed by atoms with Crippen molar-refractivity contribution in [1.29, 1.82) is 0 Å². The van der Waals surface area contributed by atoms with Crippen molar-refractivity contribution in [2.75, 3.05) is 13.1 Å². The summed E-state index contributed by atoms with van der Waals surface area (Å²) in [5.41, 5.74) is 2.29. The second-order valence-electron chi connectivity index (χ2n) is 5.71. The predicted molar refractivity (Wildman–Crippen MR) is 94.1 cm³/mol. The Labute approximate surface area is 143 Å². The van der Waals surface area contributed by atoms with Gasteiger partial charge in [-0.05, 0) is 50.0 Å². The molecule has 0 atom stereocenters. The Balaban J connectivity index is 0.00000192. The molecule has 0 saturated carbocycles. The fraction of sp³-hybridized carbons (Fsp3) is 0.389. The Morgan fingerprint density at radius 1 is 1.17 bits per heavy atom. The summed E-state index contributed by atoms with van der Waals surface area (Å²) >= 11 is 0. The monoisotopic (exact) mass is 334 g/mol. The van der Waals surface area contributed by atoms with E-state index in [1.807, 2.05) is 18.2 Å². The molecule has 1 amide bonds. The highest BCUT2D eigenvalue weighted by molar-refractivity contribution is 5.92. The predicted octanol–water partition coefficient (Wildman–Crippen LogP) is 3.41. The van der Waals surface area contributed by atoms with Crippen LogP contribution in [0, 0.1) is 0 Å². The number of hydrogen-bond acceptors (Lipinski definition) is 3. The van der Waals surface area contributed by atoms with Crippen molar-refractivity contribution in [2.24, 2.45) is 0 Å². The van der Waals surface area contributed by atoms with Crippen LogP contribution in [0.5, 0.6) is 0 Å². The van der Waals surface area contributed by atoms with Gasteiger partial charge in [0, 0.05) is 11.6 Å². The van der Waals surface area contributed by atoms with Gasteiger partial charge in [-0.15, -0.1) is 12.4 Å². The van der Waals surface area contributed by atoms with Crippen LogP contribution in [0.15, 0.2) is 40.8 Å². The SMILES string of the molecule is CCc1ccc(-c2ccc(C(=O)NC3CCNCC3)o2)cc1.Cl. The van der Waals surface area contributed by atoms with E-state index in [4.69, 9.17) is 4.42 Å². The first-order valence-corrected chi connectivity index (χ1v) is 7.97. The zero-order chi connectivity index (χ0) is 15.4. The van der Waals surface area contributed by atoms with Crippen molar-refractivity contribution in [3.8, 4) is 11.3 Å². The first kappa shape index (κ1) is 17.6. The molecule has 2 heterocycles. The first-order chi connectivity index (χ1) is 10.8. The van der Waals surface area contributed by atoms with Crippen molar-refractivity contribution >= 4 is 18.3 Å². The van der Waals surface area contributed by atoms with E-state index >= 15 is 0 Å². The van der Waals surface area contributed by atoms with E-state index in [0.29, 0.717) is 5.76 Å². The van der Waals surface area contributed by atoms with Crippen LogP contribution < -0.4 is 10.6 Å². The van der Waals surface area contributed by atoms with Crippen LogP contribution in [0.2, 0.25) is 0 Å². The molecular formula is C18H23ClN2O2. The second-order valence-corrected chi connectivity index (χ2v) is 5.71. The molecular weight excluding hydrogens is 312 g/mol. The maximum absolute atomic E-state index is 12.2. The highest BCUT2D eigenvalue weighted by Gasteiger charge is 2.18. The smallest absolute Gasteiger partial charge is 0.287 e. The average Bonchev–Trinajstić information content (AvgIpc) is 3.06. The average molecular weight is 335 g/mol. The van der Waals surface area contributed by atoms with Crippen molar-refractivity contribution in [2.45, 2.75) is 32.2 Å². The molecule has 0 aliphatic carbocycles. The van der Waals surface area contributed by atoms with Gasteiger partial charge in [0.15, 0.2) is 5.76 Å². The molecule has 124 valence electrons. The molecule has 4 nitrogen and oxygen atoms in total. The van der Waals surface area contributed by atoms with Crippen molar-refractivity contribution in [1.82, 2.24) is 10.6 Å². The molecule has 2 N–H and O–H groups in total. The van der Waals surface area contributed by atoms with Crippen molar-refractivity contribution in [3.63, 3.8) is 0 Å². The van der Waals surface area contributed by atoms with Gasteiger partial charge in [0.25, 0.3) is 5.91 Å². The Morgan fingerprint density at radius 3 is 2.52 bits per heavy atom. The van der Waals surface area contributed by atoms with E-state index in [9.17, 15) is 4.79 Å². The van der Waals surface area contributed by atoms with Gasteiger partial charge in [0.1, 0.15) is 5.76 Å². The maximum Gasteiger partial charge on any atom is 0.287 e. The zero-order valence-electron chi connectivity index (χ0n) is 13.3. The number of amides is 1. The van der Waals surface area contributed by atoms with Gasteiger partial charge in [-0.2, -0.15) is 0 Å². The number of hydrogen-bond donors (Lipinski definition) is 2. The van der Waals surface area contributed by atoms with Gasteiger partial charge in [-0.3, -0.25) is 4.79 Å². The van der Waals surface area contributed by atoms with Crippen LogP contribution in [-0.2, 0) is 6.42 Å². The molecule has 0 radical (unpaired) electrons. The molecule has 1 aliphatic heterocycles. The molecule has 1 aliphatic rings. The molecule has 23 heavy (non-hydrogen) atoms. The van der Waals surface area contributed by atoms with Crippen molar-refractivity contribution < 1.29 is 9.21 Å². The standard InChI is InChI=1S/C18H22N2O2.ClH/c1-2-13-3-5-14(6-4-13)16-7-8-17(22-16)18(21)20-15-9-11-19-12-10-15;/h3-8,15,19H,2,9-12H2,1H3,(H,20,21);1H. The van der Waals surface area contributed by atoms with Crippen LogP contribution >= 0.6 is 12.4 Å². The van der Waals surface area contributed by atoms with Gasteiger partial charge in [0.05, 0.1) is 0 Å². The van der Waals surface area contributed by atoms with E-state index in [2.05, 4.69) is 29.7 Å². The number of piperidine rings is 1. The summed E-state index contributed by atoms with van der Waals surface area (Å²) in [6.07, 6.45) is 2.96. The van der Waals surface area contributed by atoms with Gasteiger partial charge in [0.2, 0.25) is 0 Å².